The van der Waals surface area contributed by atoms with Gasteiger partial charge in [0.25, 0.3) is 0 Å². The van der Waals surface area contributed by atoms with Crippen LogP contribution >= 0.6 is 23.1 Å². The van der Waals surface area contributed by atoms with Gasteiger partial charge in [-0.15, -0.1) is 10.2 Å². The fourth-order valence-electron chi connectivity index (χ4n) is 1.48. The number of rotatable bonds is 7. The van der Waals surface area contributed by atoms with Crippen LogP contribution in [0.1, 0.15) is 18.9 Å². The lowest BCUT2D eigenvalue weighted by Gasteiger charge is -2.02. The van der Waals surface area contributed by atoms with Crippen LogP contribution in [0.5, 0.6) is 5.75 Å². The molecule has 1 N–H and O–H groups in total. The van der Waals surface area contributed by atoms with Crippen LogP contribution in [0.25, 0.3) is 0 Å². The Hall–Kier alpha value is -1.27. The smallest absolute Gasteiger partial charge is 0.206 e. The summed E-state index contributed by atoms with van der Waals surface area (Å²) < 4.78 is 6.20. The molecule has 0 aliphatic heterocycles. The summed E-state index contributed by atoms with van der Waals surface area (Å²) >= 11 is 3.30. The highest BCUT2D eigenvalue weighted by Crippen LogP contribution is 2.29. The van der Waals surface area contributed by atoms with Crippen molar-refractivity contribution in [2.24, 2.45) is 0 Å². The molecule has 0 saturated carbocycles. The Kier molecular flexibility index (Phi) is 5.47. The molecule has 4 nitrogen and oxygen atoms in total. The summed E-state index contributed by atoms with van der Waals surface area (Å²) in [6, 6.07) is 8.09. The van der Waals surface area contributed by atoms with Crippen LogP contribution in [0.2, 0.25) is 0 Å². The molecule has 6 heteroatoms. The first-order chi connectivity index (χ1) is 9.31. The Morgan fingerprint density at radius 3 is 3.05 bits per heavy atom. The molecule has 0 saturated heterocycles. The molecule has 1 heterocycles. The third kappa shape index (κ3) is 4.40. The SMILES string of the molecule is CCCNc1nnc(SCc2cccc(OC)c2)s1. The molecular formula is C13H17N3OS2. The average molecular weight is 295 g/mol. The first kappa shape index (κ1) is 14.1. The Morgan fingerprint density at radius 2 is 2.26 bits per heavy atom. The molecule has 1 aromatic heterocycles. The van der Waals surface area contributed by atoms with E-state index in [1.807, 2.05) is 18.2 Å². The standard InChI is InChI=1S/C13H17N3OS2/c1-3-7-14-12-15-16-13(19-12)18-9-10-5-4-6-11(8-10)17-2/h4-6,8H,3,7,9H2,1-2H3,(H,14,15). The highest BCUT2D eigenvalue weighted by atomic mass is 32.2. The molecule has 19 heavy (non-hydrogen) atoms. The van der Waals surface area contributed by atoms with Gasteiger partial charge in [-0.3, -0.25) is 0 Å². The van der Waals surface area contributed by atoms with Crippen LogP contribution in [0, 0.1) is 0 Å². The van der Waals surface area contributed by atoms with Gasteiger partial charge in [0.1, 0.15) is 5.75 Å². The lowest BCUT2D eigenvalue weighted by atomic mass is 10.2. The van der Waals surface area contributed by atoms with Gasteiger partial charge in [0, 0.05) is 12.3 Å². The third-order valence-corrected chi connectivity index (χ3v) is 4.51. The number of nitrogens with zero attached hydrogens (tertiary/aromatic N) is 2. The second-order valence-corrected chi connectivity index (χ2v) is 6.14. The fourth-order valence-corrected chi connectivity index (χ4v) is 3.20. The van der Waals surface area contributed by atoms with Crippen LogP contribution < -0.4 is 10.1 Å². The monoisotopic (exact) mass is 295 g/mol. The molecule has 0 unspecified atom stereocenters. The van der Waals surface area contributed by atoms with E-state index in [0.717, 1.165) is 33.9 Å². The topological polar surface area (TPSA) is 47.0 Å². The fraction of sp³-hybridized carbons (Fsp3) is 0.385. The number of benzene rings is 1. The number of methoxy groups -OCH3 is 1. The number of aromatic nitrogens is 2. The van der Waals surface area contributed by atoms with Gasteiger partial charge >= 0.3 is 0 Å². The van der Waals surface area contributed by atoms with E-state index < -0.39 is 0 Å². The summed E-state index contributed by atoms with van der Waals surface area (Å²) in [6.07, 6.45) is 1.09. The molecule has 2 rings (SSSR count). The first-order valence-electron chi connectivity index (χ1n) is 6.15. The molecule has 0 radical (unpaired) electrons. The number of hydrogen-bond donors (Lipinski definition) is 1. The van der Waals surface area contributed by atoms with Gasteiger partial charge in [0.15, 0.2) is 4.34 Å². The minimum Gasteiger partial charge on any atom is -0.497 e. The van der Waals surface area contributed by atoms with Crippen molar-refractivity contribution in [2.75, 3.05) is 19.0 Å². The number of nitrogens with one attached hydrogen (secondary N) is 1. The van der Waals surface area contributed by atoms with E-state index in [0.29, 0.717) is 0 Å². The van der Waals surface area contributed by atoms with Crippen molar-refractivity contribution in [3.63, 3.8) is 0 Å². The highest BCUT2D eigenvalue weighted by molar-refractivity contribution is 8.00. The van der Waals surface area contributed by atoms with E-state index in [-0.39, 0.29) is 0 Å². The zero-order valence-electron chi connectivity index (χ0n) is 11.0. The maximum absolute atomic E-state index is 5.21. The molecule has 0 fully saturated rings. The lowest BCUT2D eigenvalue weighted by molar-refractivity contribution is 0.414. The summed E-state index contributed by atoms with van der Waals surface area (Å²) in [7, 11) is 1.68. The molecule has 2 aromatic rings. The minimum atomic E-state index is 0.875. The van der Waals surface area contributed by atoms with E-state index in [2.05, 4.69) is 28.5 Å². The van der Waals surface area contributed by atoms with Gasteiger partial charge in [-0.05, 0) is 24.1 Å². The van der Waals surface area contributed by atoms with Crippen molar-refractivity contribution < 1.29 is 4.74 Å². The summed E-state index contributed by atoms with van der Waals surface area (Å²) in [6.45, 7) is 3.07. The molecule has 0 spiro atoms. The minimum absolute atomic E-state index is 0.875. The maximum atomic E-state index is 5.21. The van der Waals surface area contributed by atoms with Crippen LogP contribution in [0.3, 0.4) is 0 Å². The molecule has 0 amide bonds. The number of hydrogen-bond acceptors (Lipinski definition) is 6. The zero-order chi connectivity index (χ0) is 13.5. The van der Waals surface area contributed by atoms with E-state index >= 15 is 0 Å². The second kappa shape index (κ2) is 7.35. The van der Waals surface area contributed by atoms with Gasteiger partial charge in [-0.25, -0.2) is 0 Å². The Balaban J connectivity index is 1.89. The van der Waals surface area contributed by atoms with Gasteiger partial charge in [0.05, 0.1) is 7.11 Å². The molecule has 0 bridgehead atoms. The number of thioether (sulfide) groups is 1. The van der Waals surface area contributed by atoms with Gasteiger partial charge < -0.3 is 10.1 Å². The van der Waals surface area contributed by atoms with Crippen LogP contribution in [-0.2, 0) is 5.75 Å². The van der Waals surface area contributed by atoms with Crippen LogP contribution in [0.15, 0.2) is 28.6 Å². The quantitative estimate of drug-likeness (QED) is 0.790. The largest absolute Gasteiger partial charge is 0.497 e. The van der Waals surface area contributed by atoms with Crippen LogP contribution in [-0.4, -0.2) is 23.9 Å². The van der Waals surface area contributed by atoms with Gasteiger partial charge in [0.2, 0.25) is 5.13 Å². The predicted molar refractivity (Wildman–Crippen MR) is 81.2 cm³/mol. The molecule has 1 aromatic carbocycles. The van der Waals surface area contributed by atoms with Crippen molar-refractivity contribution in [3.05, 3.63) is 29.8 Å². The molecule has 0 aliphatic carbocycles. The van der Waals surface area contributed by atoms with E-state index in [1.54, 1.807) is 30.2 Å². The van der Waals surface area contributed by atoms with Crippen molar-refractivity contribution in [3.8, 4) is 5.75 Å². The Labute approximate surface area is 121 Å². The zero-order valence-corrected chi connectivity index (χ0v) is 12.7. The average Bonchev–Trinajstić information content (AvgIpc) is 2.91. The maximum Gasteiger partial charge on any atom is 0.206 e. The van der Waals surface area contributed by atoms with E-state index in [4.69, 9.17) is 4.74 Å². The predicted octanol–water partition coefficient (Wildman–Crippen LogP) is 3.66. The molecule has 102 valence electrons. The third-order valence-electron chi connectivity index (χ3n) is 2.43. The summed E-state index contributed by atoms with van der Waals surface area (Å²) in [5.41, 5.74) is 1.22. The second-order valence-electron chi connectivity index (χ2n) is 3.94. The van der Waals surface area contributed by atoms with E-state index in [1.165, 1.54) is 5.56 Å². The van der Waals surface area contributed by atoms with Crippen molar-refractivity contribution in [1.82, 2.24) is 10.2 Å². The summed E-state index contributed by atoms with van der Waals surface area (Å²) in [5, 5.41) is 12.4. The number of ether oxygens (including phenoxy) is 1. The summed E-state index contributed by atoms with van der Waals surface area (Å²) in [5.74, 6) is 1.76. The highest BCUT2D eigenvalue weighted by Gasteiger charge is 2.05. The van der Waals surface area contributed by atoms with Gasteiger partial charge in [-0.1, -0.05) is 42.2 Å². The molecule has 0 aliphatic rings. The van der Waals surface area contributed by atoms with Crippen molar-refractivity contribution >= 4 is 28.2 Å². The van der Waals surface area contributed by atoms with Crippen molar-refractivity contribution in [2.45, 2.75) is 23.4 Å². The van der Waals surface area contributed by atoms with Crippen LogP contribution in [0.4, 0.5) is 5.13 Å². The molecule has 0 atom stereocenters. The Morgan fingerprint density at radius 1 is 1.37 bits per heavy atom. The lowest BCUT2D eigenvalue weighted by Crippen LogP contribution is -1.98. The number of anilines is 1. The van der Waals surface area contributed by atoms with E-state index in [9.17, 15) is 0 Å². The first-order valence-corrected chi connectivity index (χ1v) is 7.95. The van der Waals surface area contributed by atoms with Gasteiger partial charge in [-0.2, -0.15) is 0 Å². The molecular weight excluding hydrogens is 278 g/mol. The normalized spacial score (nSPS) is 10.4. The summed E-state index contributed by atoms with van der Waals surface area (Å²) in [4.78, 5) is 0. The Bertz CT molecular complexity index is 516. The van der Waals surface area contributed by atoms with Crippen molar-refractivity contribution in [1.29, 1.82) is 0 Å².